The van der Waals surface area contributed by atoms with Crippen LogP contribution in [0.2, 0.25) is 0 Å². The van der Waals surface area contributed by atoms with Crippen LogP contribution >= 0.6 is 0 Å². The SMILES string of the molecule is CS(=O)(=O)c1ccc(C(=O)N2CCC(CN)CC2)cc1. The van der Waals surface area contributed by atoms with E-state index in [4.69, 9.17) is 5.73 Å². The summed E-state index contributed by atoms with van der Waals surface area (Å²) in [6.45, 7) is 2.11. The van der Waals surface area contributed by atoms with Gasteiger partial charge < -0.3 is 10.6 Å². The molecule has 1 aromatic carbocycles. The number of sulfone groups is 1. The molecule has 1 saturated heterocycles. The van der Waals surface area contributed by atoms with Gasteiger partial charge in [0.25, 0.3) is 5.91 Å². The summed E-state index contributed by atoms with van der Waals surface area (Å²) < 4.78 is 22.8. The van der Waals surface area contributed by atoms with Gasteiger partial charge in [0, 0.05) is 24.9 Å². The van der Waals surface area contributed by atoms with Gasteiger partial charge in [0.1, 0.15) is 0 Å². The van der Waals surface area contributed by atoms with Crippen LogP contribution in [0.3, 0.4) is 0 Å². The molecule has 0 radical (unpaired) electrons. The second-order valence-corrected chi connectivity index (χ2v) is 7.28. The van der Waals surface area contributed by atoms with E-state index < -0.39 is 9.84 Å². The number of nitrogens with two attached hydrogens (primary N) is 1. The Bertz CT molecular complexity index is 573. The van der Waals surface area contributed by atoms with Crippen LogP contribution in [0.4, 0.5) is 0 Å². The fraction of sp³-hybridized carbons (Fsp3) is 0.500. The molecule has 0 aromatic heterocycles. The predicted octanol–water partition coefficient (Wildman–Crippen LogP) is 0.901. The number of hydrogen-bond donors (Lipinski definition) is 1. The molecule has 1 aromatic rings. The average Bonchev–Trinajstić information content (AvgIpc) is 2.46. The second kappa shape index (κ2) is 5.93. The zero-order valence-electron chi connectivity index (χ0n) is 11.6. The minimum Gasteiger partial charge on any atom is -0.339 e. The number of carbonyl (C=O) groups is 1. The minimum atomic E-state index is -3.22. The topological polar surface area (TPSA) is 80.5 Å². The summed E-state index contributed by atoms with van der Waals surface area (Å²) in [7, 11) is -3.22. The Balaban J connectivity index is 2.07. The summed E-state index contributed by atoms with van der Waals surface area (Å²) in [5, 5.41) is 0. The smallest absolute Gasteiger partial charge is 0.253 e. The quantitative estimate of drug-likeness (QED) is 0.898. The molecule has 20 heavy (non-hydrogen) atoms. The van der Waals surface area contributed by atoms with Crippen molar-refractivity contribution in [3.63, 3.8) is 0 Å². The minimum absolute atomic E-state index is 0.0412. The maximum Gasteiger partial charge on any atom is 0.253 e. The van der Waals surface area contributed by atoms with E-state index in [-0.39, 0.29) is 10.8 Å². The van der Waals surface area contributed by atoms with Gasteiger partial charge in [-0.3, -0.25) is 4.79 Å². The van der Waals surface area contributed by atoms with Crippen LogP contribution in [0.1, 0.15) is 23.2 Å². The highest BCUT2D eigenvalue weighted by Crippen LogP contribution is 2.19. The molecule has 1 aliphatic rings. The molecule has 5 nitrogen and oxygen atoms in total. The molecule has 0 saturated carbocycles. The molecule has 6 heteroatoms. The molecule has 2 N–H and O–H groups in total. The lowest BCUT2D eigenvalue weighted by Gasteiger charge is -2.31. The third kappa shape index (κ3) is 3.37. The van der Waals surface area contributed by atoms with Crippen LogP contribution in [-0.4, -0.2) is 45.1 Å². The van der Waals surface area contributed by atoms with Crippen molar-refractivity contribution >= 4 is 15.7 Å². The van der Waals surface area contributed by atoms with E-state index in [1.165, 1.54) is 12.1 Å². The molecular weight excluding hydrogens is 276 g/mol. The second-order valence-electron chi connectivity index (χ2n) is 5.27. The molecular formula is C14H20N2O3S. The van der Waals surface area contributed by atoms with E-state index in [1.54, 1.807) is 12.1 Å². The van der Waals surface area contributed by atoms with Crippen LogP contribution in [0.5, 0.6) is 0 Å². The normalized spacial score (nSPS) is 17.2. The van der Waals surface area contributed by atoms with Crippen molar-refractivity contribution in [2.24, 2.45) is 11.7 Å². The van der Waals surface area contributed by atoms with Gasteiger partial charge in [0.2, 0.25) is 0 Å². The third-order valence-corrected chi connectivity index (χ3v) is 4.89. The molecule has 0 aliphatic carbocycles. The standard InChI is InChI=1S/C14H20N2O3S/c1-20(18,19)13-4-2-12(3-5-13)14(17)16-8-6-11(10-15)7-9-16/h2-5,11H,6-10,15H2,1H3. The zero-order chi connectivity index (χ0) is 14.8. The molecule has 1 amide bonds. The highest BCUT2D eigenvalue weighted by molar-refractivity contribution is 7.90. The van der Waals surface area contributed by atoms with E-state index in [1.807, 2.05) is 4.90 Å². The maximum atomic E-state index is 12.3. The van der Waals surface area contributed by atoms with E-state index in [9.17, 15) is 13.2 Å². The Hall–Kier alpha value is -1.40. The number of benzene rings is 1. The number of hydrogen-bond acceptors (Lipinski definition) is 4. The highest BCUT2D eigenvalue weighted by Gasteiger charge is 2.23. The van der Waals surface area contributed by atoms with Crippen molar-refractivity contribution in [1.82, 2.24) is 4.90 Å². The third-order valence-electron chi connectivity index (χ3n) is 3.76. The van der Waals surface area contributed by atoms with Crippen molar-refractivity contribution in [1.29, 1.82) is 0 Å². The first-order valence-electron chi connectivity index (χ1n) is 6.71. The van der Waals surface area contributed by atoms with Crippen molar-refractivity contribution in [3.8, 4) is 0 Å². The Kier molecular flexibility index (Phi) is 4.45. The van der Waals surface area contributed by atoms with E-state index >= 15 is 0 Å². The summed E-state index contributed by atoms with van der Waals surface area (Å²) in [6.07, 6.45) is 3.02. The fourth-order valence-electron chi connectivity index (χ4n) is 2.40. The average molecular weight is 296 g/mol. The molecule has 2 rings (SSSR count). The number of likely N-dealkylation sites (tertiary alicyclic amines) is 1. The number of carbonyl (C=O) groups excluding carboxylic acids is 1. The van der Waals surface area contributed by atoms with Gasteiger partial charge in [-0.25, -0.2) is 8.42 Å². The van der Waals surface area contributed by atoms with Gasteiger partial charge in [-0.2, -0.15) is 0 Å². The lowest BCUT2D eigenvalue weighted by atomic mass is 9.96. The molecule has 1 aliphatic heterocycles. The van der Waals surface area contributed by atoms with Gasteiger partial charge >= 0.3 is 0 Å². The largest absolute Gasteiger partial charge is 0.339 e. The van der Waals surface area contributed by atoms with Gasteiger partial charge in [0.15, 0.2) is 9.84 Å². The molecule has 0 bridgehead atoms. The highest BCUT2D eigenvalue weighted by atomic mass is 32.2. The van der Waals surface area contributed by atoms with E-state index in [0.29, 0.717) is 31.1 Å². The lowest BCUT2D eigenvalue weighted by molar-refractivity contribution is 0.0693. The Morgan fingerprint density at radius 3 is 2.25 bits per heavy atom. The first kappa shape index (κ1) is 15.0. The first-order chi connectivity index (χ1) is 9.41. The van der Waals surface area contributed by atoms with Crippen molar-refractivity contribution < 1.29 is 13.2 Å². The van der Waals surface area contributed by atoms with Crippen molar-refractivity contribution in [3.05, 3.63) is 29.8 Å². The van der Waals surface area contributed by atoms with E-state index in [0.717, 1.165) is 19.1 Å². The Labute approximate surface area is 119 Å². The number of rotatable bonds is 3. The van der Waals surface area contributed by atoms with Crippen LogP contribution in [-0.2, 0) is 9.84 Å². The predicted molar refractivity (Wildman–Crippen MR) is 77.2 cm³/mol. The Morgan fingerprint density at radius 1 is 1.25 bits per heavy atom. The van der Waals surface area contributed by atoms with Crippen molar-refractivity contribution in [2.75, 3.05) is 25.9 Å². The lowest BCUT2D eigenvalue weighted by Crippen LogP contribution is -2.40. The summed E-state index contributed by atoms with van der Waals surface area (Å²) in [6, 6.07) is 6.12. The molecule has 110 valence electrons. The zero-order valence-corrected chi connectivity index (χ0v) is 12.4. The van der Waals surface area contributed by atoms with Gasteiger partial charge in [0.05, 0.1) is 4.90 Å². The number of amides is 1. The molecule has 0 atom stereocenters. The van der Waals surface area contributed by atoms with E-state index in [2.05, 4.69) is 0 Å². The van der Waals surface area contributed by atoms with Gasteiger partial charge in [-0.05, 0) is 49.6 Å². The summed E-state index contributed by atoms with van der Waals surface area (Å²) >= 11 is 0. The first-order valence-corrected chi connectivity index (χ1v) is 8.60. The number of piperidine rings is 1. The van der Waals surface area contributed by atoms with Gasteiger partial charge in [-0.1, -0.05) is 0 Å². The molecule has 0 spiro atoms. The van der Waals surface area contributed by atoms with Crippen LogP contribution in [0, 0.1) is 5.92 Å². The monoisotopic (exact) mass is 296 g/mol. The van der Waals surface area contributed by atoms with Crippen LogP contribution in [0.25, 0.3) is 0 Å². The van der Waals surface area contributed by atoms with Crippen LogP contribution < -0.4 is 5.73 Å². The van der Waals surface area contributed by atoms with Crippen molar-refractivity contribution in [2.45, 2.75) is 17.7 Å². The fourth-order valence-corrected chi connectivity index (χ4v) is 3.03. The summed E-state index contributed by atoms with van der Waals surface area (Å²) in [5.41, 5.74) is 6.16. The maximum absolute atomic E-state index is 12.3. The van der Waals surface area contributed by atoms with Crippen LogP contribution in [0.15, 0.2) is 29.2 Å². The molecule has 0 unspecified atom stereocenters. The molecule has 1 fully saturated rings. The van der Waals surface area contributed by atoms with Gasteiger partial charge in [-0.15, -0.1) is 0 Å². The number of nitrogens with zero attached hydrogens (tertiary/aromatic N) is 1. The summed E-state index contributed by atoms with van der Waals surface area (Å²) in [5.74, 6) is 0.465. The molecule has 1 heterocycles. The summed E-state index contributed by atoms with van der Waals surface area (Å²) in [4.78, 5) is 14.3. The Morgan fingerprint density at radius 2 is 1.80 bits per heavy atom.